The van der Waals surface area contributed by atoms with Crippen molar-refractivity contribution in [3.8, 4) is 0 Å². The molecule has 1 unspecified atom stereocenters. The van der Waals surface area contributed by atoms with Crippen molar-refractivity contribution in [2.45, 2.75) is 25.9 Å². The van der Waals surface area contributed by atoms with Gasteiger partial charge in [-0.15, -0.1) is 0 Å². The number of rotatable bonds is 7. The summed E-state index contributed by atoms with van der Waals surface area (Å²) in [5, 5.41) is 3.36. The molecule has 0 aliphatic heterocycles. The molecule has 5 nitrogen and oxygen atoms in total. The van der Waals surface area contributed by atoms with Crippen molar-refractivity contribution in [2.24, 2.45) is 5.73 Å². The van der Waals surface area contributed by atoms with E-state index in [2.05, 4.69) is 28.7 Å². The molecule has 1 aromatic rings. The highest BCUT2D eigenvalue weighted by molar-refractivity contribution is 5.07. The molecule has 0 amide bonds. The molecule has 1 rings (SSSR count). The Labute approximate surface area is 97.0 Å². The summed E-state index contributed by atoms with van der Waals surface area (Å²) in [5.41, 5.74) is 6.90. The van der Waals surface area contributed by atoms with E-state index in [1.165, 1.54) is 0 Å². The fraction of sp³-hybridized carbons (Fsp3) is 0.727. The van der Waals surface area contributed by atoms with Crippen molar-refractivity contribution in [2.75, 3.05) is 26.8 Å². The van der Waals surface area contributed by atoms with Crippen molar-refractivity contribution >= 4 is 0 Å². The third-order valence-corrected chi connectivity index (χ3v) is 2.54. The van der Waals surface area contributed by atoms with Crippen LogP contribution in [0, 0.1) is 0 Å². The first kappa shape index (κ1) is 13.2. The van der Waals surface area contributed by atoms with Crippen LogP contribution in [0.1, 0.15) is 31.6 Å². The molecule has 0 bridgehead atoms. The number of methoxy groups -OCH3 is 1. The van der Waals surface area contributed by atoms with Gasteiger partial charge in [-0.1, -0.05) is 0 Å². The molecule has 0 fully saturated rings. The van der Waals surface area contributed by atoms with E-state index in [9.17, 15) is 0 Å². The van der Waals surface area contributed by atoms with Crippen LogP contribution in [0.15, 0.2) is 12.5 Å². The summed E-state index contributed by atoms with van der Waals surface area (Å²) < 4.78 is 7.14. The molecule has 3 N–H and O–H groups in total. The van der Waals surface area contributed by atoms with Gasteiger partial charge in [0.05, 0.1) is 24.7 Å². The van der Waals surface area contributed by atoms with Gasteiger partial charge >= 0.3 is 0 Å². The van der Waals surface area contributed by atoms with E-state index < -0.39 is 0 Å². The zero-order chi connectivity index (χ0) is 12.0. The Bertz CT molecular complexity index is 298. The molecule has 1 atom stereocenters. The summed E-state index contributed by atoms with van der Waals surface area (Å²) in [6.07, 6.45) is 3.72. The van der Waals surface area contributed by atoms with E-state index in [1.54, 1.807) is 7.11 Å². The maximum absolute atomic E-state index is 5.77. The fourth-order valence-electron chi connectivity index (χ4n) is 1.66. The Balaban J connectivity index is 2.66. The predicted molar refractivity (Wildman–Crippen MR) is 64.3 cm³/mol. The topological polar surface area (TPSA) is 65.1 Å². The van der Waals surface area contributed by atoms with Gasteiger partial charge in [0.1, 0.15) is 0 Å². The molecule has 5 heteroatoms. The second-order valence-corrected chi connectivity index (χ2v) is 4.05. The first-order chi connectivity index (χ1) is 7.70. The van der Waals surface area contributed by atoms with Crippen LogP contribution in [-0.2, 0) is 4.74 Å². The summed E-state index contributed by atoms with van der Waals surface area (Å²) in [5.74, 6) is 0. The summed E-state index contributed by atoms with van der Waals surface area (Å²) in [7, 11) is 1.69. The van der Waals surface area contributed by atoms with Crippen LogP contribution in [0.5, 0.6) is 0 Å². The Morgan fingerprint density at radius 1 is 1.56 bits per heavy atom. The minimum atomic E-state index is 0.139. The summed E-state index contributed by atoms with van der Waals surface area (Å²) in [6, 6.07) is 0.538. The number of nitrogens with zero attached hydrogens (tertiary/aromatic N) is 2. The zero-order valence-corrected chi connectivity index (χ0v) is 10.3. The van der Waals surface area contributed by atoms with Crippen molar-refractivity contribution in [1.82, 2.24) is 14.9 Å². The third kappa shape index (κ3) is 3.30. The molecule has 0 aromatic carbocycles. The molecule has 0 aliphatic carbocycles. The van der Waals surface area contributed by atoms with E-state index in [0.717, 1.165) is 12.2 Å². The molecule has 0 radical (unpaired) electrons. The van der Waals surface area contributed by atoms with Crippen LogP contribution in [0.4, 0.5) is 0 Å². The monoisotopic (exact) mass is 226 g/mol. The Morgan fingerprint density at radius 2 is 2.31 bits per heavy atom. The van der Waals surface area contributed by atoms with Gasteiger partial charge < -0.3 is 20.4 Å². The van der Waals surface area contributed by atoms with Crippen molar-refractivity contribution in [3.05, 3.63) is 18.2 Å². The van der Waals surface area contributed by atoms with Gasteiger partial charge in [0.2, 0.25) is 0 Å². The van der Waals surface area contributed by atoms with Gasteiger partial charge in [-0.05, 0) is 13.8 Å². The summed E-state index contributed by atoms with van der Waals surface area (Å²) in [6.45, 7) is 6.30. The number of hydrogen-bond donors (Lipinski definition) is 2. The van der Waals surface area contributed by atoms with Crippen LogP contribution >= 0.6 is 0 Å². The zero-order valence-electron chi connectivity index (χ0n) is 10.3. The second-order valence-electron chi connectivity index (χ2n) is 4.05. The third-order valence-electron chi connectivity index (χ3n) is 2.54. The average molecular weight is 226 g/mol. The molecule has 92 valence electrons. The molecule has 1 aromatic heterocycles. The quantitative estimate of drug-likeness (QED) is 0.672. The van der Waals surface area contributed by atoms with Crippen molar-refractivity contribution in [3.63, 3.8) is 0 Å². The van der Waals surface area contributed by atoms with E-state index >= 15 is 0 Å². The lowest BCUT2D eigenvalue weighted by Crippen LogP contribution is -2.32. The van der Waals surface area contributed by atoms with Crippen LogP contribution in [0.3, 0.4) is 0 Å². The Hall–Kier alpha value is -0.910. The highest BCUT2D eigenvalue weighted by atomic mass is 16.5. The summed E-state index contributed by atoms with van der Waals surface area (Å²) >= 11 is 0. The minimum Gasteiger partial charge on any atom is -0.383 e. The number of nitrogens with one attached hydrogen (secondary N) is 1. The largest absolute Gasteiger partial charge is 0.383 e. The van der Waals surface area contributed by atoms with Crippen molar-refractivity contribution < 1.29 is 4.74 Å². The first-order valence-corrected chi connectivity index (χ1v) is 5.64. The summed E-state index contributed by atoms with van der Waals surface area (Å²) in [4.78, 5) is 4.18. The van der Waals surface area contributed by atoms with Gasteiger partial charge in [0.15, 0.2) is 0 Å². The molecule has 0 aliphatic rings. The predicted octanol–water partition coefficient (Wildman–Crippen LogP) is 0.700. The first-order valence-electron chi connectivity index (χ1n) is 5.64. The van der Waals surface area contributed by atoms with Crippen LogP contribution in [0.2, 0.25) is 0 Å². The molecule has 0 saturated carbocycles. The van der Waals surface area contributed by atoms with E-state index in [4.69, 9.17) is 10.5 Å². The second kappa shape index (κ2) is 6.62. The Kier molecular flexibility index (Phi) is 5.45. The number of imidazole rings is 1. The maximum Gasteiger partial charge on any atom is 0.0951 e. The molecular formula is C11H22N4O. The van der Waals surface area contributed by atoms with Gasteiger partial charge in [0.25, 0.3) is 0 Å². The van der Waals surface area contributed by atoms with Crippen LogP contribution in [0.25, 0.3) is 0 Å². The van der Waals surface area contributed by atoms with E-state index in [0.29, 0.717) is 19.2 Å². The number of hydrogen-bond acceptors (Lipinski definition) is 4. The van der Waals surface area contributed by atoms with E-state index in [1.807, 2.05) is 12.5 Å². The molecule has 0 saturated heterocycles. The lowest BCUT2D eigenvalue weighted by atomic mass is 10.2. The molecule has 16 heavy (non-hydrogen) atoms. The smallest absolute Gasteiger partial charge is 0.0951 e. The standard InChI is InChI=1S/C11H22N4O/c1-9(2)15-8-13-7-11(15)10(6-12)14-4-5-16-3/h7-10,14H,4-6,12H2,1-3H3. The molecule has 1 heterocycles. The fourth-order valence-corrected chi connectivity index (χ4v) is 1.66. The highest BCUT2D eigenvalue weighted by Crippen LogP contribution is 2.15. The van der Waals surface area contributed by atoms with Gasteiger partial charge in [-0.2, -0.15) is 0 Å². The van der Waals surface area contributed by atoms with E-state index in [-0.39, 0.29) is 6.04 Å². The number of aromatic nitrogens is 2. The lowest BCUT2D eigenvalue weighted by Gasteiger charge is -2.20. The number of nitrogens with two attached hydrogens (primary N) is 1. The minimum absolute atomic E-state index is 0.139. The van der Waals surface area contributed by atoms with Gasteiger partial charge in [0, 0.05) is 32.4 Å². The maximum atomic E-state index is 5.77. The van der Waals surface area contributed by atoms with Crippen LogP contribution < -0.4 is 11.1 Å². The van der Waals surface area contributed by atoms with Crippen molar-refractivity contribution in [1.29, 1.82) is 0 Å². The Morgan fingerprint density at radius 3 is 2.88 bits per heavy atom. The number of ether oxygens (including phenoxy) is 1. The van der Waals surface area contributed by atoms with Crippen LogP contribution in [-0.4, -0.2) is 36.4 Å². The SMILES string of the molecule is COCCNC(CN)c1cncn1C(C)C. The molecule has 0 spiro atoms. The average Bonchev–Trinajstić information content (AvgIpc) is 2.73. The normalized spacial score (nSPS) is 13.3. The lowest BCUT2D eigenvalue weighted by molar-refractivity contribution is 0.195. The highest BCUT2D eigenvalue weighted by Gasteiger charge is 2.14. The van der Waals surface area contributed by atoms with Gasteiger partial charge in [-0.25, -0.2) is 4.98 Å². The molecular weight excluding hydrogens is 204 g/mol. The van der Waals surface area contributed by atoms with Gasteiger partial charge in [-0.3, -0.25) is 0 Å².